The van der Waals surface area contributed by atoms with Gasteiger partial charge in [-0.05, 0) is 19.1 Å². The van der Waals surface area contributed by atoms with Gasteiger partial charge in [0.1, 0.15) is 10.6 Å². The summed E-state index contributed by atoms with van der Waals surface area (Å²) in [6, 6.07) is 5.76. The van der Waals surface area contributed by atoms with Crippen LogP contribution in [0.15, 0.2) is 33.2 Å². The van der Waals surface area contributed by atoms with E-state index in [1.54, 1.807) is 7.11 Å². The van der Waals surface area contributed by atoms with Gasteiger partial charge in [0.15, 0.2) is 0 Å². The predicted molar refractivity (Wildman–Crippen MR) is 92.3 cm³/mol. The number of ether oxygens (including phenoxy) is 1. The minimum atomic E-state index is -0.495. The topological polar surface area (TPSA) is 64.1 Å². The molecule has 2 aromatic heterocycles. The molecule has 0 unspecified atom stereocenters. The molecule has 2 heterocycles. The fraction of sp³-hybridized carbons (Fsp3) is 0.176. The van der Waals surface area contributed by atoms with E-state index in [2.05, 4.69) is 10.9 Å². The molecule has 0 fully saturated rings. The molecule has 0 bridgehead atoms. The standard InChI is InChI=1S/C17H14N2O3S/c1-4-7-19-16(20)14-12(9-23-15(14)18-17(19)21)11-8-10(2)5-6-13(11)22-3/h1,5-6,8-9H,7H2,2-3H3,(H,18,21). The summed E-state index contributed by atoms with van der Waals surface area (Å²) in [5.74, 6) is 3.01. The van der Waals surface area contributed by atoms with Crippen molar-refractivity contribution in [2.24, 2.45) is 0 Å². The van der Waals surface area contributed by atoms with Crippen molar-refractivity contribution >= 4 is 21.6 Å². The third-order valence-corrected chi connectivity index (χ3v) is 4.51. The SMILES string of the molecule is C#CCn1c(=O)[nH]c2scc(-c3cc(C)ccc3OC)c2c1=O. The van der Waals surface area contributed by atoms with Crippen LogP contribution in [0.5, 0.6) is 5.75 Å². The van der Waals surface area contributed by atoms with Crippen LogP contribution in [0.2, 0.25) is 0 Å². The van der Waals surface area contributed by atoms with Gasteiger partial charge in [-0.25, -0.2) is 9.36 Å². The maximum atomic E-state index is 12.7. The minimum Gasteiger partial charge on any atom is -0.496 e. The lowest BCUT2D eigenvalue weighted by Gasteiger charge is -2.09. The molecule has 6 heteroatoms. The Morgan fingerprint density at radius 1 is 1.35 bits per heavy atom. The minimum absolute atomic E-state index is 0.0651. The van der Waals surface area contributed by atoms with Crippen molar-refractivity contribution in [3.8, 4) is 29.2 Å². The summed E-state index contributed by atoms with van der Waals surface area (Å²) in [4.78, 5) is 27.9. The Bertz CT molecular complexity index is 1050. The van der Waals surface area contributed by atoms with Crippen LogP contribution in [0, 0.1) is 19.3 Å². The summed E-state index contributed by atoms with van der Waals surface area (Å²) >= 11 is 1.31. The van der Waals surface area contributed by atoms with Gasteiger partial charge in [-0.2, -0.15) is 0 Å². The molecule has 0 saturated carbocycles. The number of nitrogens with one attached hydrogen (secondary N) is 1. The third-order valence-electron chi connectivity index (χ3n) is 3.61. The van der Waals surface area contributed by atoms with Gasteiger partial charge in [-0.3, -0.25) is 9.78 Å². The maximum Gasteiger partial charge on any atom is 0.330 e. The number of rotatable bonds is 3. The van der Waals surface area contributed by atoms with Gasteiger partial charge in [0.25, 0.3) is 5.56 Å². The Hall–Kier alpha value is -2.78. The quantitative estimate of drug-likeness (QED) is 0.752. The van der Waals surface area contributed by atoms with Gasteiger partial charge < -0.3 is 4.74 Å². The average molecular weight is 326 g/mol. The van der Waals surface area contributed by atoms with Crippen LogP contribution in [0.25, 0.3) is 21.3 Å². The first-order valence-electron chi connectivity index (χ1n) is 6.89. The number of aromatic nitrogens is 2. The highest BCUT2D eigenvalue weighted by Crippen LogP contribution is 2.36. The van der Waals surface area contributed by atoms with Crippen molar-refractivity contribution in [2.45, 2.75) is 13.5 Å². The number of nitrogens with zero attached hydrogens (tertiary/aromatic N) is 1. The predicted octanol–water partition coefficient (Wildman–Crippen LogP) is 2.37. The van der Waals surface area contributed by atoms with Gasteiger partial charge in [0.2, 0.25) is 0 Å². The third kappa shape index (κ3) is 2.45. The lowest BCUT2D eigenvalue weighted by molar-refractivity contribution is 0.416. The van der Waals surface area contributed by atoms with E-state index >= 15 is 0 Å². The Kier molecular flexibility index (Phi) is 3.80. The first-order valence-corrected chi connectivity index (χ1v) is 7.77. The first-order chi connectivity index (χ1) is 11.1. The highest BCUT2D eigenvalue weighted by atomic mass is 32.1. The number of benzene rings is 1. The van der Waals surface area contributed by atoms with E-state index in [1.807, 2.05) is 30.5 Å². The summed E-state index contributed by atoms with van der Waals surface area (Å²) in [6.07, 6.45) is 5.25. The van der Waals surface area contributed by atoms with Crippen molar-refractivity contribution in [3.63, 3.8) is 0 Å². The second kappa shape index (κ2) is 5.78. The highest BCUT2D eigenvalue weighted by molar-refractivity contribution is 7.17. The summed E-state index contributed by atoms with van der Waals surface area (Å²) in [5, 5.41) is 2.30. The molecule has 3 rings (SSSR count). The van der Waals surface area contributed by atoms with Gasteiger partial charge in [0, 0.05) is 16.5 Å². The van der Waals surface area contributed by atoms with E-state index < -0.39 is 5.69 Å². The summed E-state index contributed by atoms with van der Waals surface area (Å²) in [6.45, 7) is 1.90. The lowest BCUT2D eigenvalue weighted by Crippen LogP contribution is -2.34. The van der Waals surface area contributed by atoms with Gasteiger partial charge in [-0.1, -0.05) is 17.6 Å². The number of aromatic amines is 1. The smallest absolute Gasteiger partial charge is 0.330 e. The molecule has 0 atom stereocenters. The molecule has 0 saturated heterocycles. The zero-order valence-electron chi connectivity index (χ0n) is 12.7. The molecule has 3 aromatic rings. The Morgan fingerprint density at radius 2 is 2.13 bits per heavy atom. The second-order valence-electron chi connectivity index (χ2n) is 5.08. The Labute approximate surface area is 136 Å². The van der Waals surface area contributed by atoms with Crippen LogP contribution in [0.1, 0.15) is 5.56 Å². The van der Waals surface area contributed by atoms with Crippen molar-refractivity contribution in [3.05, 3.63) is 50.0 Å². The molecule has 0 aliphatic rings. The van der Waals surface area contributed by atoms with Crippen LogP contribution >= 0.6 is 11.3 Å². The number of thiophene rings is 1. The van der Waals surface area contributed by atoms with Gasteiger partial charge in [-0.15, -0.1) is 17.8 Å². The number of methoxy groups -OCH3 is 1. The summed E-state index contributed by atoms with van der Waals surface area (Å²) in [5.41, 5.74) is 1.72. The maximum absolute atomic E-state index is 12.7. The van der Waals surface area contributed by atoms with Crippen LogP contribution in [0.4, 0.5) is 0 Å². The molecule has 0 spiro atoms. The fourth-order valence-electron chi connectivity index (χ4n) is 2.52. The number of H-pyrrole nitrogens is 1. The van der Waals surface area contributed by atoms with Crippen LogP contribution < -0.4 is 16.0 Å². The number of terminal acetylenes is 1. The van der Waals surface area contributed by atoms with Crippen molar-refractivity contribution in [1.29, 1.82) is 0 Å². The van der Waals surface area contributed by atoms with Crippen LogP contribution in [-0.4, -0.2) is 16.7 Å². The molecular formula is C17H14N2O3S. The highest BCUT2D eigenvalue weighted by Gasteiger charge is 2.17. The van der Waals surface area contributed by atoms with E-state index in [9.17, 15) is 9.59 Å². The molecule has 0 amide bonds. The molecule has 1 aromatic carbocycles. The van der Waals surface area contributed by atoms with E-state index in [-0.39, 0.29) is 12.1 Å². The fourth-order valence-corrected chi connectivity index (χ4v) is 3.46. The lowest BCUT2D eigenvalue weighted by atomic mass is 10.0. The van der Waals surface area contributed by atoms with E-state index in [1.165, 1.54) is 11.3 Å². The van der Waals surface area contributed by atoms with Crippen LogP contribution in [-0.2, 0) is 6.54 Å². The monoisotopic (exact) mass is 326 g/mol. The van der Waals surface area contributed by atoms with E-state index in [0.29, 0.717) is 16.0 Å². The molecule has 0 radical (unpaired) electrons. The molecule has 0 aliphatic carbocycles. The number of hydrogen-bond donors (Lipinski definition) is 1. The Balaban J connectivity index is 2.39. The normalized spacial score (nSPS) is 10.7. The average Bonchev–Trinajstić information content (AvgIpc) is 2.95. The zero-order chi connectivity index (χ0) is 16.6. The van der Waals surface area contributed by atoms with Gasteiger partial charge >= 0.3 is 5.69 Å². The number of aryl methyl sites for hydroxylation is 1. The van der Waals surface area contributed by atoms with Crippen molar-refractivity contribution < 1.29 is 4.74 Å². The second-order valence-corrected chi connectivity index (χ2v) is 5.96. The Morgan fingerprint density at radius 3 is 2.83 bits per heavy atom. The zero-order valence-corrected chi connectivity index (χ0v) is 13.5. The molecule has 1 N–H and O–H groups in total. The molecule has 116 valence electrons. The van der Waals surface area contributed by atoms with Crippen molar-refractivity contribution in [2.75, 3.05) is 7.11 Å². The number of hydrogen-bond acceptors (Lipinski definition) is 4. The van der Waals surface area contributed by atoms with Crippen LogP contribution in [0.3, 0.4) is 0 Å². The molecule has 5 nitrogen and oxygen atoms in total. The number of fused-ring (bicyclic) bond motifs is 1. The summed E-state index contributed by atoms with van der Waals surface area (Å²) in [7, 11) is 1.58. The van der Waals surface area contributed by atoms with Gasteiger partial charge in [0.05, 0.1) is 19.0 Å². The van der Waals surface area contributed by atoms with Crippen molar-refractivity contribution in [1.82, 2.24) is 9.55 Å². The molecule has 23 heavy (non-hydrogen) atoms. The van der Waals surface area contributed by atoms with E-state index in [0.717, 1.165) is 21.3 Å². The van der Waals surface area contributed by atoms with E-state index in [4.69, 9.17) is 11.2 Å². The largest absolute Gasteiger partial charge is 0.496 e. The molecular weight excluding hydrogens is 312 g/mol. The summed E-state index contributed by atoms with van der Waals surface area (Å²) < 4.78 is 6.43. The molecule has 0 aliphatic heterocycles. The first kappa shape index (κ1) is 15.1.